The molecule has 0 radical (unpaired) electrons. The predicted molar refractivity (Wildman–Crippen MR) is 134 cm³/mol. The van der Waals surface area contributed by atoms with Crippen molar-refractivity contribution in [2.45, 2.75) is 4.90 Å². The number of para-hydroxylation sites is 1. The summed E-state index contributed by atoms with van der Waals surface area (Å²) in [6, 6.07) is 23.2. The van der Waals surface area contributed by atoms with Crippen molar-refractivity contribution in [1.29, 1.82) is 0 Å². The van der Waals surface area contributed by atoms with Crippen molar-refractivity contribution in [2.75, 3.05) is 7.05 Å². The van der Waals surface area contributed by atoms with Crippen molar-refractivity contribution in [1.82, 2.24) is 18.8 Å². The Labute approximate surface area is 202 Å². The standard InChI is InChI=1S/C26H21N5O3S/c1-30(35(32,33)25-12-10-24(11-13-25)34-23-7-3-2-4-8-23)29-18-22-17-28-26-14-9-21(19-31(22)26)20-6-5-15-27-16-20/h2-19H,1H3. The highest BCUT2D eigenvalue weighted by Crippen LogP contribution is 2.24. The molecule has 9 heteroatoms. The van der Waals surface area contributed by atoms with Crippen molar-refractivity contribution in [2.24, 2.45) is 5.10 Å². The minimum absolute atomic E-state index is 0.106. The summed E-state index contributed by atoms with van der Waals surface area (Å²) in [5.74, 6) is 1.21. The molecule has 0 fully saturated rings. The molecule has 0 amide bonds. The Morgan fingerprint density at radius 1 is 0.886 bits per heavy atom. The lowest BCUT2D eigenvalue weighted by Gasteiger charge is -2.14. The van der Waals surface area contributed by atoms with Crippen LogP contribution in [0, 0.1) is 0 Å². The second-order valence-corrected chi connectivity index (χ2v) is 9.59. The lowest BCUT2D eigenvalue weighted by atomic mass is 10.1. The Kier molecular flexibility index (Phi) is 5.99. The van der Waals surface area contributed by atoms with Crippen LogP contribution in [0.2, 0.25) is 0 Å². The molecule has 0 atom stereocenters. The van der Waals surface area contributed by atoms with E-state index in [1.165, 1.54) is 25.4 Å². The Hall–Kier alpha value is -4.50. The van der Waals surface area contributed by atoms with Gasteiger partial charge in [0.1, 0.15) is 17.1 Å². The van der Waals surface area contributed by atoms with E-state index < -0.39 is 10.0 Å². The third-order valence-electron chi connectivity index (χ3n) is 5.33. The molecule has 8 nitrogen and oxygen atoms in total. The Morgan fingerprint density at radius 3 is 2.40 bits per heavy atom. The summed E-state index contributed by atoms with van der Waals surface area (Å²) in [4.78, 5) is 8.64. The van der Waals surface area contributed by atoms with E-state index in [0.717, 1.165) is 21.2 Å². The molecule has 0 saturated heterocycles. The molecule has 174 valence electrons. The maximum Gasteiger partial charge on any atom is 0.278 e. The van der Waals surface area contributed by atoms with Crippen molar-refractivity contribution in [3.05, 3.63) is 109 Å². The van der Waals surface area contributed by atoms with Gasteiger partial charge in [-0.1, -0.05) is 24.3 Å². The maximum absolute atomic E-state index is 13.0. The Balaban J connectivity index is 1.35. The van der Waals surface area contributed by atoms with Crippen LogP contribution in [0.1, 0.15) is 5.69 Å². The number of benzene rings is 2. The first-order valence-electron chi connectivity index (χ1n) is 10.7. The number of hydrazone groups is 1. The molecule has 5 aromatic rings. The number of sulfonamides is 1. The summed E-state index contributed by atoms with van der Waals surface area (Å²) < 4.78 is 34.5. The number of nitrogens with zero attached hydrogens (tertiary/aromatic N) is 5. The first-order valence-corrected chi connectivity index (χ1v) is 12.2. The molecule has 3 aromatic heterocycles. The number of hydrogen-bond donors (Lipinski definition) is 0. The van der Waals surface area contributed by atoms with Gasteiger partial charge in [-0.15, -0.1) is 0 Å². The van der Waals surface area contributed by atoms with Crippen molar-refractivity contribution < 1.29 is 13.2 Å². The van der Waals surface area contributed by atoms with Crippen LogP contribution in [0.15, 0.2) is 114 Å². The first kappa shape index (κ1) is 22.3. The summed E-state index contributed by atoms with van der Waals surface area (Å²) in [6.07, 6.45) is 8.53. The minimum Gasteiger partial charge on any atom is -0.457 e. The van der Waals surface area contributed by atoms with E-state index in [1.54, 1.807) is 30.7 Å². The van der Waals surface area contributed by atoms with Crippen LogP contribution >= 0.6 is 0 Å². The zero-order valence-electron chi connectivity index (χ0n) is 18.8. The van der Waals surface area contributed by atoms with Crippen molar-refractivity contribution in [3.63, 3.8) is 0 Å². The molecule has 0 N–H and O–H groups in total. The van der Waals surface area contributed by atoms with Gasteiger partial charge >= 0.3 is 0 Å². The third-order valence-corrected chi connectivity index (χ3v) is 6.99. The molecular weight excluding hydrogens is 462 g/mol. The van der Waals surface area contributed by atoms with Gasteiger partial charge in [0, 0.05) is 36.8 Å². The highest BCUT2D eigenvalue weighted by Gasteiger charge is 2.19. The second-order valence-electron chi connectivity index (χ2n) is 7.64. The van der Waals surface area contributed by atoms with Crippen LogP contribution in [-0.4, -0.2) is 40.5 Å². The fourth-order valence-corrected chi connectivity index (χ4v) is 4.41. The largest absolute Gasteiger partial charge is 0.457 e. The van der Waals surface area contributed by atoms with E-state index in [4.69, 9.17) is 4.74 Å². The van der Waals surface area contributed by atoms with E-state index in [1.807, 2.05) is 65.2 Å². The van der Waals surface area contributed by atoms with Gasteiger partial charge in [-0.25, -0.2) is 4.98 Å². The number of ether oxygens (including phenoxy) is 1. The number of rotatable bonds is 7. The van der Waals surface area contributed by atoms with Crippen LogP contribution in [0.3, 0.4) is 0 Å². The molecule has 3 heterocycles. The third kappa shape index (κ3) is 4.75. The van der Waals surface area contributed by atoms with Crippen molar-refractivity contribution >= 4 is 21.9 Å². The topological polar surface area (TPSA) is 89.2 Å². The smallest absolute Gasteiger partial charge is 0.278 e. The molecule has 0 aliphatic heterocycles. The van der Waals surface area contributed by atoms with Crippen LogP contribution in [-0.2, 0) is 10.0 Å². The molecule has 0 saturated carbocycles. The van der Waals surface area contributed by atoms with E-state index in [2.05, 4.69) is 15.1 Å². The van der Waals surface area contributed by atoms with Gasteiger partial charge in [0.25, 0.3) is 10.0 Å². The Bertz CT molecular complexity index is 1580. The summed E-state index contributed by atoms with van der Waals surface area (Å²) >= 11 is 0. The van der Waals surface area contributed by atoms with E-state index in [9.17, 15) is 8.42 Å². The summed E-state index contributed by atoms with van der Waals surface area (Å²) in [6.45, 7) is 0. The van der Waals surface area contributed by atoms with Crippen LogP contribution in [0.5, 0.6) is 11.5 Å². The molecule has 0 spiro atoms. The Morgan fingerprint density at radius 2 is 1.66 bits per heavy atom. The van der Waals surface area contributed by atoms with E-state index >= 15 is 0 Å². The van der Waals surface area contributed by atoms with E-state index in [0.29, 0.717) is 17.2 Å². The quantitative estimate of drug-likeness (QED) is 0.244. The van der Waals surface area contributed by atoms with Crippen LogP contribution < -0.4 is 4.74 Å². The molecule has 0 unspecified atom stereocenters. The maximum atomic E-state index is 13.0. The van der Waals surface area contributed by atoms with Crippen molar-refractivity contribution in [3.8, 4) is 22.6 Å². The highest BCUT2D eigenvalue weighted by atomic mass is 32.2. The minimum atomic E-state index is -3.84. The lowest BCUT2D eigenvalue weighted by Crippen LogP contribution is -2.22. The molecule has 0 aliphatic rings. The fraction of sp³-hybridized carbons (Fsp3) is 0.0385. The number of hydrogen-bond acceptors (Lipinski definition) is 6. The summed E-state index contributed by atoms with van der Waals surface area (Å²) in [5, 5.41) is 4.17. The van der Waals surface area contributed by atoms with Gasteiger partial charge in [-0.05, 0) is 54.6 Å². The summed E-state index contributed by atoms with van der Waals surface area (Å²) in [7, 11) is -2.45. The average Bonchev–Trinajstić information content (AvgIpc) is 3.31. The average molecular weight is 484 g/mol. The van der Waals surface area contributed by atoms with Gasteiger partial charge in [0.2, 0.25) is 0 Å². The SMILES string of the molecule is CN(N=Cc1cnc2ccc(-c3cccnc3)cn12)S(=O)(=O)c1ccc(Oc2ccccc2)cc1. The molecule has 5 rings (SSSR count). The molecule has 35 heavy (non-hydrogen) atoms. The first-order chi connectivity index (χ1) is 17.0. The number of imidazole rings is 1. The highest BCUT2D eigenvalue weighted by molar-refractivity contribution is 7.89. The zero-order chi connectivity index (χ0) is 24.3. The zero-order valence-corrected chi connectivity index (χ0v) is 19.6. The van der Waals surface area contributed by atoms with Crippen LogP contribution in [0.4, 0.5) is 0 Å². The monoisotopic (exact) mass is 483 g/mol. The number of fused-ring (bicyclic) bond motifs is 1. The fourth-order valence-electron chi connectivity index (χ4n) is 3.46. The van der Waals surface area contributed by atoms with Crippen LogP contribution in [0.25, 0.3) is 16.8 Å². The van der Waals surface area contributed by atoms with Gasteiger partial charge in [-0.3, -0.25) is 9.38 Å². The van der Waals surface area contributed by atoms with Gasteiger partial charge < -0.3 is 4.74 Å². The van der Waals surface area contributed by atoms with Gasteiger partial charge in [-0.2, -0.15) is 17.9 Å². The number of pyridine rings is 2. The molecule has 2 aromatic carbocycles. The van der Waals surface area contributed by atoms with Gasteiger partial charge in [0.15, 0.2) is 0 Å². The van der Waals surface area contributed by atoms with Gasteiger partial charge in [0.05, 0.1) is 23.0 Å². The lowest BCUT2D eigenvalue weighted by molar-refractivity contribution is 0.480. The summed E-state index contributed by atoms with van der Waals surface area (Å²) in [5.41, 5.74) is 3.28. The normalized spacial score (nSPS) is 11.7. The predicted octanol–water partition coefficient (Wildman–Crippen LogP) is 4.84. The van der Waals surface area contributed by atoms with E-state index in [-0.39, 0.29) is 4.90 Å². The second kappa shape index (κ2) is 9.40. The molecule has 0 bridgehead atoms. The number of aromatic nitrogens is 3. The molecule has 0 aliphatic carbocycles. The molecular formula is C26H21N5O3S.